The van der Waals surface area contributed by atoms with Crippen molar-refractivity contribution < 1.29 is 13.5 Å². The van der Waals surface area contributed by atoms with Crippen LogP contribution in [-0.4, -0.2) is 23.0 Å². The molecule has 0 saturated heterocycles. The summed E-state index contributed by atoms with van der Waals surface area (Å²) in [7, 11) is 1.58. The minimum Gasteiger partial charge on any atom is -0.497 e. The molecule has 0 radical (unpaired) electrons. The summed E-state index contributed by atoms with van der Waals surface area (Å²) in [4.78, 5) is 19.5. The lowest BCUT2D eigenvalue weighted by Gasteiger charge is -2.10. The van der Waals surface area contributed by atoms with Gasteiger partial charge in [0.15, 0.2) is 0 Å². The Kier molecular flexibility index (Phi) is 5.89. The van der Waals surface area contributed by atoms with Gasteiger partial charge in [-0.1, -0.05) is 25.7 Å². The second-order valence-electron chi connectivity index (χ2n) is 7.31. The van der Waals surface area contributed by atoms with Crippen molar-refractivity contribution in [1.82, 2.24) is 9.97 Å². The van der Waals surface area contributed by atoms with Crippen LogP contribution >= 0.6 is 0 Å². The number of hydrogen-bond donors (Lipinski definition) is 1. The molecule has 4 nitrogen and oxygen atoms in total. The molecule has 26 heavy (non-hydrogen) atoms. The lowest BCUT2D eigenvalue weighted by molar-refractivity contribution is 0.00462. The number of fused-ring (bicyclic) bond motifs is 1. The van der Waals surface area contributed by atoms with Gasteiger partial charge >= 0.3 is 0 Å². The summed E-state index contributed by atoms with van der Waals surface area (Å²) in [5, 5.41) is 0. The number of aromatic nitrogens is 2. The number of methoxy groups -OCH3 is 1. The van der Waals surface area contributed by atoms with Crippen molar-refractivity contribution in [2.75, 3.05) is 7.11 Å². The molecule has 3 rings (SSSR count). The smallest absolute Gasteiger partial charge is 0.270 e. The maximum Gasteiger partial charge on any atom is 0.270 e. The zero-order valence-electron chi connectivity index (χ0n) is 15.2. The summed E-state index contributed by atoms with van der Waals surface area (Å²) >= 11 is 0. The monoisotopic (exact) mass is 364 g/mol. The third-order valence-corrected chi connectivity index (χ3v) is 5.25. The predicted molar refractivity (Wildman–Crippen MR) is 98.0 cm³/mol. The minimum atomic E-state index is -2.43. The molecule has 0 aliphatic heterocycles. The second kappa shape index (κ2) is 8.14. The summed E-state index contributed by atoms with van der Waals surface area (Å²) in [5.74, 6) is -1.56. The first kappa shape index (κ1) is 18.8. The Hall–Kier alpha value is -1.98. The molecule has 0 amide bonds. The highest BCUT2D eigenvalue weighted by molar-refractivity contribution is 5.75. The Labute approximate surface area is 152 Å². The Morgan fingerprint density at radius 2 is 2.08 bits per heavy atom. The van der Waals surface area contributed by atoms with E-state index in [1.165, 1.54) is 0 Å². The lowest BCUT2D eigenvalue weighted by atomic mass is 9.99. The zero-order valence-corrected chi connectivity index (χ0v) is 15.2. The molecule has 142 valence electrons. The normalized spacial score (nSPS) is 19.1. The van der Waals surface area contributed by atoms with Gasteiger partial charge in [-0.2, -0.15) is 0 Å². The number of aryl methyl sites for hydroxylation is 1. The van der Waals surface area contributed by atoms with E-state index >= 15 is 0 Å². The van der Waals surface area contributed by atoms with Gasteiger partial charge in [0.1, 0.15) is 11.4 Å². The highest BCUT2D eigenvalue weighted by atomic mass is 19.3. The van der Waals surface area contributed by atoms with Gasteiger partial charge in [-0.05, 0) is 37.3 Å². The van der Waals surface area contributed by atoms with E-state index in [1.54, 1.807) is 13.2 Å². The van der Waals surface area contributed by atoms with E-state index in [2.05, 4.69) is 9.97 Å². The number of rotatable bonds is 8. The van der Waals surface area contributed by atoms with Crippen LogP contribution in [0.4, 0.5) is 8.78 Å². The fourth-order valence-corrected chi connectivity index (χ4v) is 3.77. The van der Waals surface area contributed by atoms with E-state index in [1.807, 2.05) is 12.1 Å². The molecule has 1 aliphatic carbocycles. The fourth-order valence-electron chi connectivity index (χ4n) is 3.77. The quantitative estimate of drug-likeness (QED) is 0.681. The molecule has 1 fully saturated rings. The molecule has 2 aromatic rings. The van der Waals surface area contributed by atoms with E-state index < -0.39 is 5.92 Å². The highest BCUT2D eigenvalue weighted by Gasteiger charge is 2.38. The highest BCUT2D eigenvalue weighted by Crippen LogP contribution is 2.40. The lowest BCUT2D eigenvalue weighted by Crippen LogP contribution is -2.15. The molecule has 1 atom stereocenters. The van der Waals surface area contributed by atoms with Crippen LogP contribution in [-0.2, 0) is 6.42 Å². The van der Waals surface area contributed by atoms with E-state index in [-0.39, 0.29) is 24.3 Å². The number of nitrogens with zero attached hydrogens (tertiary/aromatic N) is 1. The molecule has 1 N–H and O–H groups in total. The second-order valence-corrected chi connectivity index (χ2v) is 7.31. The summed E-state index contributed by atoms with van der Waals surface area (Å²) in [6, 6.07) is 5.43. The minimum absolute atomic E-state index is 0.0555. The van der Waals surface area contributed by atoms with Crippen LogP contribution in [0.1, 0.15) is 57.1 Å². The number of H-pyrrole nitrogens is 1. The van der Waals surface area contributed by atoms with Crippen LogP contribution in [0.5, 0.6) is 5.75 Å². The maximum atomic E-state index is 13.2. The Morgan fingerprint density at radius 3 is 2.81 bits per heavy atom. The van der Waals surface area contributed by atoms with Crippen LogP contribution in [0, 0.1) is 5.92 Å². The van der Waals surface area contributed by atoms with Crippen LogP contribution in [0.3, 0.4) is 0 Å². The van der Waals surface area contributed by atoms with E-state index in [0.29, 0.717) is 29.8 Å². The third kappa shape index (κ3) is 4.80. The van der Waals surface area contributed by atoms with Gasteiger partial charge < -0.3 is 9.72 Å². The van der Waals surface area contributed by atoms with Crippen LogP contribution in [0.25, 0.3) is 11.0 Å². The number of hydrogen-bond acceptors (Lipinski definition) is 3. The van der Waals surface area contributed by atoms with Gasteiger partial charge in [0.2, 0.25) is 5.92 Å². The average Bonchev–Trinajstić information content (AvgIpc) is 2.96. The predicted octanol–water partition coefficient (Wildman–Crippen LogP) is 4.86. The number of unbranched alkanes of at least 4 members (excludes halogenated alkanes) is 3. The first-order chi connectivity index (χ1) is 12.5. The number of alkyl halides is 2. The molecule has 1 heterocycles. The van der Waals surface area contributed by atoms with Gasteiger partial charge in [0.25, 0.3) is 5.56 Å². The number of aromatic amines is 1. The molecule has 1 aliphatic rings. The number of ether oxygens (including phenoxy) is 1. The maximum absolute atomic E-state index is 13.2. The van der Waals surface area contributed by atoms with Crippen LogP contribution in [0.15, 0.2) is 23.0 Å². The zero-order chi connectivity index (χ0) is 18.6. The molecular weight excluding hydrogens is 338 g/mol. The van der Waals surface area contributed by atoms with Gasteiger partial charge in [-0.3, -0.25) is 4.79 Å². The third-order valence-electron chi connectivity index (χ3n) is 5.25. The van der Waals surface area contributed by atoms with Gasteiger partial charge in [0, 0.05) is 18.9 Å². The van der Waals surface area contributed by atoms with E-state index in [9.17, 15) is 13.6 Å². The molecule has 0 bridgehead atoms. The van der Waals surface area contributed by atoms with E-state index in [0.717, 1.165) is 37.6 Å². The summed E-state index contributed by atoms with van der Waals surface area (Å²) in [5.41, 5.74) is 1.83. The standard InChI is InChI=1S/C20H26F2N2O2/c1-26-15-8-9-16-18(12-15)24-19(25)17(23-16)7-5-3-2-4-6-14-10-11-20(21,22)13-14/h8-9,12,14H,2-7,10-11,13H2,1H3,(H,24,25)/t14-/m0/s1. The Bertz CT molecular complexity index is 804. The van der Waals surface area contributed by atoms with Crippen molar-refractivity contribution in [2.45, 2.75) is 63.7 Å². The molecule has 1 aromatic heterocycles. The number of nitrogens with one attached hydrogen (secondary N) is 1. The van der Waals surface area contributed by atoms with Crippen molar-refractivity contribution in [3.05, 3.63) is 34.2 Å². The largest absolute Gasteiger partial charge is 0.497 e. The van der Waals surface area contributed by atoms with Crippen LogP contribution < -0.4 is 10.3 Å². The first-order valence-corrected chi connectivity index (χ1v) is 9.42. The van der Waals surface area contributed by atoms with Crippen LogP contribution in [0.2, 0.25) is 0 Å². The fraction of sp³-hybridized carbons (Fsp3) is 0.600. The van der Waals surface area contributed by atoms with Crippen molar-refractivity contribution in [1.29, 1.82) is 0 Å². The van der Waals surface area contributed by atoms with Crippen molar-refractivity contribution in [3.63, 3.8) is 0 Å². The molecule has 0 unspecified atom stereocenters. The average molecular weight is 364 g/mol. The van der Waals surface area contributed by atoms with Gasteiger partial charge in [0.05, 0.1) is 18.1 Å². The van der Waals surface area contributed by atoms with E-state index in [4.69, 9.17) is 4.74 Å². The van der Waals surface area contributed by atoms with Crippen molar-refractivity contribution in [2.24, 2.45) is 5.92 Å². The molecule has 1 aromatic carbocycles. The Morgan fingerprint density at radius 1 is 1.27 bits per heavy atom. The van der Waals surface area contributed by atoms with Crippen molar-refractivity contribution >= 4 is 11.0 Å². The first-order valence-electron chi connectivity index (χ1n) is 9.42. The number of halogens is 2. The molecule has 1 saturated carbocycles. The summed E-state index contributed by atoms with van der Waals surface area (Å²) in [6.07, 6.45) is 6.20. The van der Waals surface area contributed by atoms with Gasteiger partial charge in [-0.25, -0.2) is 13.8 Å². The van der Waals surface area contributed by atoms with Crippen molar-refractivity contribution in [3.8, 4) is 5.75 Å². The topological polar surface area (TPSA) is 55.0 Å². The SMILES string of the molecule is COc1ccc2nc(CCCCCC[C@H]3CCC(F)(F)C3)c(=O)[nH]c2c1. The molecule has 0 spiro atoms. The molecular formula is C20H26F2N2O2. The Balaban J connectivity index is 1.43. The number of benzene rings is 1. The molecule has 6 heteroatoms. The summed E-state index contributed by atoms with van der Waals surface area (Å²) < 4.78 is 31.5. The summed E-state index contributed by atoms with van der Waals surface area (Å²) in [6.45, 7) is 0. The van der Waals surface area contributed by atoms with Gasteiger partial charge in [-0.15, -0.1) is 0 Å².